The summed E-state index contributed by atoms with van der Waals surface area (Å²) in [6.45, 7) is 0.118. The smallest absolute Gasteiger partial charge is 0.280 e. The van der Waals surface area contributed by atoms with Crippen molar-refractivity contribution in [1.82, 2.24) is 34.5 Å². The third-order valence-corrected chi connectivity index (χ3v) is 6.07. The summed E-state index contributed by atoms with van der Waals surface area (Å²) >= 11 is 0. The summed E-state index contributed by atoms with van der Waals surface area (Å²) in [6.07, 6.45) is 1.24. The molecule has 0 spiro atoms. The topological polar surface area (TPSA) is 85.4 Å². The molecular formula is C22H23F5N8O. The van der Waals surface area contributed by atoms with Gasteiger partial charge in [-0.05, 0) is 31.2 Å². The maximum atomic E-state index is 15.2. The molecule has 1 aromatic carbocycles. The number of hydrogen-bond donors (Lipinski definition) is 1. The van der Waals surface area contributed by atoms with Crippen LogP contribution >= 0.6 is 0 Å². The summed E-state index contributed by atoms with van der Waals surface area (Å²) in [4.78, 5) is 5.75. The van der Waals surface area contributed by atoms with E-state index in [9.17, 15) is 17.6 Å². The zero-order chi connectivity index (χ0) is 25.8. The van der Waals surface area contributed by atoms with E-state index < -0.39 is 36.8 Å². The van der Waals surface area contributed by atoms with E-state index in [-0.39, 0.29) is 34.8 Å². The average molecular weight is 510 g/mol. The Morgan fingerprint density at radius 1 is 1.28 bits per heavy atom. The first-order valence-corrected chi connectivity index (χ1v) is 11.1. The normalized spacial score (nSPS) is 18.7. The van der Waals surface area contributed by atoms with Gasteiger partial charge in [0.15, 0.2) is 5.82 Å². The zero-order valence-electron chi connectivity index (χ0n) is 19.6. The van der Waals surface area contributed by atoms with Crippen LogP contribution in [-0.4, -0.2) is 79.6 Å². The monoisotopic (exact) mass is 510 g/mol. The Morgan fingerprint density at radius 2 is 2.06 bits per heavy atom. The Kier molecular flexibility index (Phi) is 5.73. The Morgan fingerprint density at radius 3 is 2.75 bits per heavy atom. The average Bonchev–Trinajstić information content (AvgIpc) is 3.33. The molecule has 14 heteroatoms. The molecule has 4 aromatic rings. The first-order chi connectivity index (χ1) is 16.9. The number of aromatic nitrogens is 6. The predicted octanol–water partition coefficient (Wildman–Crippen LogP) is 3.70. The van der Waals surface area contributed by atoms with Crippen LogP contribution in [0.2, 0.25) is 0 Å². The number of nitrogens with zero attached hydrogens (tertiary/aromatic N) is 7. The van der Waals surface area contributed by atoms with Gasteiger partial charge >= 0.3 is 0 Å². The minimum atomic E-state index is -3.03. The maximum Gasteiger partial charge on any atom is 0.280 e. The highest BCUT2D eigenvalue weighted by Gasteiger charge is 2.44. The van der Waals surface area contributed by atoms with E-state index in [0.717, 1.165) is 22.3 Å². The van der Waals surface area contributed by atoms with E-state index in [4.69, 9.17) is 4.74 Å². The molecule has 1 unspecified atom stereocenters. The number of nitrogens with one attached hydrogen (secondary N) is 1. The van der Waals surface area contributed by atoms with Crippen LogP contribution in [0, 0.1) is 5.82 Å². The number of fused-ring (bicyclic) bond motifs is 2. The lowest BCUT2D eigenvalue weighted by molar-refractivity contribution is -0.0675. The van der Waals surface area contributed by atoms with Gasteiger partial charge in [0.05, 0.1) is 37.0 Å². The second kappa shape index (κ2) is 8.54. The van der Waals surface area contributed by atoms with Crippen LogP contribution in [0.15, 0.2) is 24.4 Å². The number of likely N-dealkylation sites (tertiary alicyclic amines) is 1. The number of halogens is 5. The predicted molar refractivity (Wildman–Crippen MR) is 121 cm³/mol. The van der Waals surface area contributed by atoms with Crippen molar-refractivity contribution in [1.29, 1.82) is 0 Å². The molecule has 4 heterocycles. The molecule has 9 nitrogen and oxygen atoms in total. The van der Waals surface area contributed by atoms with Crippen LogP contribution in [0.5, 0.6) is 5.88 Å². The standard InChI is InChI=1S/C22H23F5N8O/c1-21(24,25)10-35-15-8-12(4-5-14(15)30-32-35)17-13(23)9-34-18(17)19(36-3)29-20(31-34)28-16-6-7-33(2)11-22(16,26)27/h4-5,8-9,16H,6-7,10-11H2,1-3H3,(H,28,31). The summed E-state index contributed by atoms with van der Waals surface area (Å²) in [5, 5.41) is 14.5. The number of methoxy groups -OCH3 is 1. The van der Waals surface area contributed by atoms with Gasteiger partial charge in [-0.3, -0.25) is 0 Å². The van der Waals surface area contributed by atoms with Crippen LogP contribution < -0.4 is 10.1 Å². The summed E-state index contributed by atoms with van der Waals surface area (Å²) in [7, 11) is 2.94. The molecule has 1 N–H and O–H groups in total. The SMILES string of the molecule is COc1nc(NC2CCN(C)CC2(F)F)nn2cc(F)c(-c3ccc4nnn(CC(C)(F)F)c4c3)c12. The van der Waals surface area contributed by atoms with E-state index in [2.05, 4.69) is 25.7 Å². The van der Waals surface area contributed by atoms with E-state index in [1.807, 2.05) is 0 Å². The highest BCUT2D eigenvalue weighted by Crippen LogP contribution is 2.36. The molecule has 0 amide bonds. The molecule has 0 saturated carbocycles. The van der Waals surface area contributed by atoms with Crippen LogP contribution in [-0.2, 0) is 6.54 Å². The molecule has 0 aliphatic carbocycles. The third kappa shape index (κ3) is 4.40. The number of piperidine rings is 1. The van der Waals surface area contributed by atoms with Crippen molar-refractivity contribution in [2.75, 3.05) is 32.6 Å². The molecule has 1 fully saturated rings. The van der Waals surface area contributed by atoms with Crippen molar-refractivity contribution >= 4 is 22.5 Å². The lowest BCUT2D eigenvalue weighted by Gasteiger charge is -2.36. The minimum Gasteiger partial charge on any atom is -0.479 e. The fraction of sp³-hybridized carbons (Fsp3) is 0.455. The zero-order valence-corrected chi connectivity index (χ0v) is 19.6. The maximum absolute atomic E-state index is 15.2. The molecule has 3 aromatic heterocycles. The van der Waals surface area contributed by atoms with Gasteiger partial charge < -0.3 is 15.0 Å². The van der Waals surface area contributed by atoms with Crippen molar-refractivity contribution in [2.45, 2.75) is 37.8 Å². The van der Waals surface area contributed by atoms with Gasteiger partial charge in [-0.15, -0.1) is 10.2 Å². The van der Waals surface area contributed by atoms with Gasteiger partial charge in [0.1, 0.15) is 17.6 Å². The molecule has 5 rings (SSSR count). The molecule has 0 bridgehead atoms. The molecule has 1 saturated heterocycles. The number of anilines is 1. The lowest BCUT2D eigenvalue weighted by atomic mass is 10.0. The third-order valence-electron chi connectivity index (χ3n) is 6.07. The van der Waals surface area contributed by atoms with Crippen LogP contribution in [0.25, 0.3) is 27.7 Å². The number of hydrogen-bond acceptors (Lipinski definition) is 7. The molecule has 0 radical (unpaired) electrons. The van der Waals surface area contributed by atoms with E-state index in [1.165, 1.54) is 24.1 Å². The van der Waals surface area contributed by atoms with Crippen LogP contribution in [0.1, 0.15) is 13.3 Å². The van der Waals surface area contributed by atoms with Crippen molar-refractivity contribution in [3.8, 4) is 17.0 Å². The highest BCUT2D eigenvalue weighted by molar-refractivity contribution is 5.89. The summed E-state index contributed by atoms with van der Waals surface area (Å²) in [6, 6.07) is 3.39. The van der Waals surface area contributed by atoms with Gasteiger partial charge in [0.25, 0.3) is 11.8 Å². The number of benzene rings is 1. The van der Waals surface area contributed by atoms with Gasteiger partial charge in [0.2, 0.25) is 11.8 Å². The highest BCUT2D eigenvalue weighted by atomic mass is 19.3. The van der Waals surface area contributed by atoms with Gasteiger partial charge in [-0.2, -0.15) is 4.98 Å². The fourth-order valence-electron chi connectivity index (χ4n) is 4.44. The molecule has 1 aliphatic rings. The van der Waals surface area contributed by atoms with Crippen LogP contribution in [0.3, 0.4) is 0 Å². The Labute approximate surface area is 201 Å². The van der Waals surface area contributed by atoms with Crippen molar-refractivity contribution < 1.29 is 26.7 Å². The van der Waals surface area contributed by atoms with E-state index in [1.54, 1.807) is 13.1 Å². The first-order valence-electron chi connectivity index (χ1n) is 11.1. The van der Waals surface area contributed by atoms with E-state index >= 15 is 4.39 Å². The molecular weight excluding hydrogens is 487 g/mol. The molecule has 1 atom stereocenters. The fourth-order valence-corrected chi connectivity index (χ4v) is 4.44. The molecule has 192 valence electrons. The summed E-state index contributed by atoms with van der Waals surface area (Å²) in [5.41, 5.74) is 1.18. The number of rotatable bonds is 6. The lowest BCUT2D eigenvalue weighted by Crippen LogP contribution is -2.53. The molecule has 1 aliphatic heterocycles. The molecule has 36 heavy (non-hydrogen) atoms. The van der Waals surface area contributed by atoms with Gasteiger partial charge in [0, 0.05) is 13.5 Å². The second-order valence-corrected chi connectivity index (χ2v) is 9.10. The summed E-state index contributed by atoms with van der Waals surface area (Å²) in [5.74, 6) is -6.93. The quantitative estimate of drug-likeness (QED) is 0.396. The van der Waals surface area contributed by atoms with Crippen molar-refractivity contribution in [3.63, 3.8) is 0 Å². The Bertz CT molecular complexity index is 1430. The second-order valence-electron chi connectivity index (χ2n) is 9.10. The minimum absolute atomic E-state index is 0.0468. The van der Waals surface area contributed by atoms with Crippen molar-refractivity contribution in [3.05, 3.63) is 30.2 Å². The largest absolute Gasteiger partial charge is 0.479 e. The first kappa shape index (κ1) is 24.2. The number of alkyl halides is 4. The van der Waals surface area contributed by atoms with Gasteiger partial charge in [-0.1, -0.05) is 11.3 Å². The van der Waals surface area contributed by atoms with Crippen molar-refractivity contribution in [2.24, 2.45) is 0 Å². The van der Waals surface area contributed by atoms with Crippen LogP contribution in [0.4, 0.5) is 27.9 Å². The van der Waals surface area contributed by atoms with E-state index in [0.29, 0.717) is 17.6 Å². The Balaban J connectivity index is 1.56. The summed E-state index contributed by atoms with van der Waals surface area (Å²) < 4.78 is 79.0. The number of ether oxygens (including phenoxy) is 1. The van der Waals surface area contributed by atoms with Gasteiger partial charge in [-0.25, -0.2) is 31.1 Å². The Hall–Kier alpha value is -3.55.